The third-order valence-corrected chi connectivity index (χ3v) is 2.66. The van der Waals surface area contributed by atoms with Gasteiger partial charge in [-0.05, 0) is 37.0 Å². The Kier molecular flexibility index (Phi) is 6.16. The van der Waals surface area contributed by atoms with Crippen LogP contribution >= 0.6 is 0 Å². The van der Waals surface area contributed by atoms with Crippen molar-refractivity contribution in [3.63, 3.8) is 0 Å². The maximum atomic E-state index is 5.84. The van der Waals surface area contributed by atoms with E-state index >= 15 is 0 Å². The monoisotopic (exact) mass is 251 g/mol. The SMILES string of the molecule is Cc1cc(C(C)N)ccc1OCCOCC(C)C. The molecule has 1 aromatic rings. The first kappa shape index (κ1) is 15.0. The molecule has 0 fully saturated rings. The molecule has 0 spiro atoms. The number of nitrogens with two attached hydrogens (primary N) is 1. The second-order valence-corrected chi connectivity index (χ2v) is 5.13. The number of hydrogen-bond donors (Lipinski definition) is 1. The van der Waals surface area contributed by atoms with E-state index in [1.807, 2.05) is 26.0 Å². The van der Waals surface area contributed by atoms with Crippen LogP contribution < -0.4 is 10.5 Å². The van der Waals surface area contributed by atoms with Gasteiger partial charge in [0, 0.05) is 12.6 Å². The molecule has 3 heteroatoms. The average Bonchev–Trinajstić information content (AvgIpc) is 2.29. The quantitative estimate of drug-likeness (QED) is 0.757. The Bertz CT molecular complexity index is 362. The molecule has 1 atom stereocenters. The summed E-state index contributed by atoms with van der Waals surface area (Å²) in [6.07, 6.45) is 0. The summed E-state index contributed by atoms with van der Waals surface area (Å²) in [6.45, 7) is 10.3. The molecule has 102 valence electrons. The van der Waals surface area contributed by atoms with E-state index in [2.05, 4.69) is 19.9 Å². The summed E-state index contributed by atoms with van der Waals surface area (Å²) in [7, 11) is 0. The van der Waals surface area contributed by atoms with Crippen molar-refractivity contribution in [3.05, 3.63) is 29.3 Å². The van der Waals surface area contributed by atoms with Gasteiger partial charge in [0.05, 0.1) is 6.61 Å². The molecule has 0 saturated heterocycles. The average molecular weight is 251 g/mol. The van der Waals surface area contributed by atoms with Crippen LogP contribution in [0.3, 0.4) is 0 Å². The summed E-state index contributed by atoms with van der Waals surface area (Å²) in [5, 5.41) is 0. The van der Waals surface area contributed by atoms with Gasteiger partial charge in [-0.1, -0.05) is 26.0 Å². The molecule has 0 aromatic heterocycles. The van der Waals surface area contributed by atoms with E-state index in [-0.39, 0.29) is 6.04 Å². The first-order valence-electron chi connectivity index (χ1n) is 6.57. The molecule has 0 bridgehead atoms. The number of ether oxygens (including phenoxy) is 2. The van der Waals surface area contributed by atoms with Crippen molar-refractivity contribution in [2.75, 3.05) is 19.8 Å². The van der Waals surface area contributed by atoms with Crippen LogP contribution in [0.4, 0.5) is 0 Å². The van der Waals surface area contributed by atoms with Crippen molar-refractivity contribution in [1.82, 2.24) is 0 Å². The number of hydrogen-bond acceptors (Lipinski definition) is 3. The van der Waals surface area contributed by atoms with Crippen molar-refractivity contribution in [3.8, 4) is 5.75 Å². The fourth-order valence-corrected chi connectivity index (χ4v) is 1.65. The van der Waals surface area contributed by atoms with Gasteiger partial charge in [0.1, 0.15) is 12.4 Å². The minimum Gasteiger partial charge on any atom is -0.491 e. The summed E-state index contributed by atoms with van der Waals surface area (Å²) in [5.41, 5.74) is 8.09. The molecule has 0 aliphatic rings. The van der Waals surface area contributed by atoms with Crippen molar-refractivity contribution in [2.45, 2.75) is 33.7 Å². The molecule has 1 rings (SSSR count). The largest absolute Gasteiger partial charge is 0.491 e. The van der Waals surface area contributed by atoms with Gasteiger partial charge in [-0.15, -0.1) is 0 Å². The molecule has 2 N–H and O–H groups in total. The van der Waals surface area contributed by atoms with E-state index in [1.165, 1.54) is 0 Å². The fourth-order valence-electron chi connectivity index (χ4n) is 1.65. The van der Waals surface area contributed by atoms with Crippen molar-refractivity contribution >= 4 is 0 Å². The summed E-state index contributed by atoms with van der Waals surface area (Å²) in [6, 6.07) is 6.14. The van der Waals surface area contributed by atoms with Crippen molar-refractivity contribution < 1.29 is 9.47 Å². The molecule has 0 amide bonds. The van der Waals surface area contributed by atoms with Gasteiger partial charge in [-0.2, -0.15) is 0 Å². The molecule has 0 heterocycles. The first-order valence-corrected chi connectivity index (χ1v) is 6.57. The molecular formula is C15H25NO2. The summed E-state index contributed by atoms with van der Waals surface area (Å²) in [5.74, 6) is 1.48. The Labute approximate surface area is 110 Å². The Balaban J connectivity index is 2.39. The second kappa shape index (κ2) is 7.39. The lowest BCUT2D eigenvalue weighted by molar-refractivity contribution is 0.0817. The summed E-state index contributed by atoms with van der Waals surface area (Å²) < 4.78 is 11.2. The lowest BCUT2D eigenvalue weighted by Crippen LogP contribution is -2.11. The highest BCUT2D eigenvalue weighted by Gasteiger charge is 2.04. The molecular weight excluding hydrogens is 226 g/mol. The van der Waals surface area contributed by atoms with E-state index in [0.29, 0.717) is 19.1 Å². The second-order valence-electron chi connectivity index (χ2n) is 5.13. The third kappa shape index (κ3) is 5.07. The van der Waals surface area contributed by atoms with E-state index < -0.39 is 0 Å². The van der Waals surface area contributed by atoms with Gasteiger partial charge in [0.25, 0.3) is 0 Å². The van der Waals surface area contributed by atoms with E-state index in [9.17, 15) is 0 Å². The molecule has 1 unspecified atom stereocenters. The van der Waals surface area contributed by atoms with Gasteiger partial charge in [-0.25, -0.2) is 0 Å². The lowest BCUT2D eigenvalue weighted by Gasteiger charge is -2.13. The van der Waals surface area contributed by atoms with Crippen LogP contribution in [0, 0.1) is 12.8 Å². The molecule has 1 aromatic carbocycles. The maximum absolute atomic E-state index is 5.84. The van der Waals surface area contributed by atoms with Gasteiger partial charge in [-0.3, -0.25) is 0 Å². The minimum atomic E-state index is 0.0622. The Hall–Kier alpha value is -1.06. The molecule has 0 aliphatic heterocycles. The topological polar surface area (TPSA) is 44.5 Å². The number of aryl methyl sites for hydroxylation is 1. The molecule has 18 heavy (non-hydrogen) atoms. The Morgan fingerprint density at radius 1 is 1.17 bits per heavy atom. The highest BCUT2D eigenvalue weighted by atomic mass is 16.5. The van der Waals surface area contributed by atoms with Crippen LogP contribution in [0.1, 0.15) is 37.9 Å². The minimum absolute atomic E-state index is 0.0622. The van der Waals surface area contributed by atoms with Crippen LogP contribution in [0.2, 0.25) is 0 Å². The Morgan fingerprint density at radius 2 is 1.89 bits per heavy atom. The summed E-state index contributed by atoms with van der Waals surface area (Å²) >= 11 is 0. The molecule has 0 radical (unpaired) electrons. The van der Waals surface area contributed by atoms with Gasteiger partial charge in [0.2, 0.25) is 0 Å². The fraction of sp³-hybridized carbons (Fsp3) is 0.600. The predicted molar refractivity (Wildman–Crippen MR) is 74.9 cm³/mol. The van der Waals surface area contributed by atoms with Crippen LogP contribution in [0.5, 0.6) is 5.75 Å². The zero-order chi connectivity index (χ0) is 13.5. The van der Waals surface area contributed by atoms with Crippen molar-refractivity contribution in [2.24, 2.45) is 11.7 Å². The zero-order valence-corrected chi connectivity index (χ0v) is 11.9. The van der Waals surface area contributed by atoms with Crippen molar-refractivity contribution in [1.29, 1.82) is 0 Å². The molecule has 3 nitrogen and oxygen atoms in total. The van der Waals surface area contributed by atoms with Gasteiger partial charge >= 0.3 is 0 Å². The van der Waals surface area contributed by atoms with Gasteiger partial charge < -0.3 is 15.2 Å². The van der Waals surface area contributed by atoms with Crippen LogP contribution in [0.15, 0.2) is 18.2 Å². The maximum Gasteiger partial charge on any atom is 0.122 e. The van der Waals surface area contributed by atoms with E-state index in [0.717, 1.165) is 23.5 Å². The van der Waals surface area contributed by atoms with E-state index in [4.69, 9.17) is 15.2 Å². The molecule has 0 saturated carbocycles. The third-order valence-electron chi connectivity index (χ3n) is 2.66. The normalized spacial score (nSPS) is 12.8. The first-order chi connectivity index (χ1) is 8.50. The smallest absolute Gasteiger partial charge is 0.122 e. The molecule has 0 aliphatic carbocycles. The van der Waals surface area contributed by atoms with Crippen LogP contribution in [-0.4, -0.2) is 19.8 Å². The van der Waals surface area contributed by atoms with Crippen LogP contribution in [0.25, 0.3) is 0 Å². The number of benzene rings is 1. The standard InChI is InChI=1S/C15H25NO2/c1-11(2)10-17-7-8-18-15-6-5-14(13(4)16)9-12(15)3/h5-6,9,11,13H,7-8,10,16H2,1-4H3. The summed E-state index contributed by atoms with van der Waals surface area (Å²) in [4.78, 5) is 0. The van der Waals surface area contributed by atoms with Gasteiger partial charge in [0.15, 0.2) is 0 Å². The number of rotatable bonds is 7. The highest BCUT2D eigenvalue weighted by molar-refractivity contribution is 5.37. The van der Waals surface area contributed by atoms with E-state index in [1.54, 1.807) is 0 Å². The zero-order valence-electron chi connectivity index (χ0n) is 11.9. The van der Waals surface area contributed by atoms with Crippen LogP contribution in [-0.2, 0) is 4.74 Å². The predicted octanol–water partition coefficient (Wildman–Crippen LogP) is 3.07. The Morgan fingerprint density at radius 3 is 2.44 bits per heavy atom. The lowest BCUT2D eigenvalue weighted by atomic mass is 10.1. The highest BCUT2D eigenvalue weighted by Crippen LogP contribution is 2.21.